The molecule has 0 radical (unpaired) electrons. The smallest absolute Gasteiger partial charge is 0.132 e. The summed E-state index contributed by atoms with van der Waals surface area (Å²) in [5, 5.41) is 0. The molecular formula is C16H28O. The number of hydrogen-bond acceptors (Lipinski definition) is 1. The van der Waals surface area contributed by atoms with Gasteiger partial charge in [-0.2, -0.15) is 0 Å². The number of hydrogen-bond donors (Lipinski definition) is 0. The third-order valence-electron chi connectivity index (χ3n) is 3.57. The van der Waals surface area contributed by atoms with Crippen molar-refractivity contribution in [2.24, 2.45) is 0 Å². The third kappa shape index (κ3) is 9.14. The number of ketones is 1. The van der Waals surface area contributed by atoms with Crippen molar-refractivity contribution in [3.8, 4) is 0 Å². The molecule has 1 aliphatic carbocycles. The molecule has 1 aliphatic rings. The fourth-order valence-corrected chi connectivity index (χ4v) is 2.42. The largest absolute Gasteiger partial charge is 0.300 e. The highest BCUT2D eigenvalue weighted by Crippen LogP contribution is 2.12. The fourth-order valence-electron chi connectivity index (χ4n) is 2.42. The van der Waals surface area contributed by atoms with Gasteiger partial charge in [-0.3, -0.25) is 4.79 Å². The summed E-state index contributed by atoms with van der Waals surface area (Å²) >= 11 is 0. The molecule has 0 spiro atoms. The molecule has 0 saturated heterocycles. The lowest BCUT2D eigenvalue weighted by atomic mass is 10.0. The molecule has 98 valence electrons. The van der Waals surface area contributed by atoms with Crippen molar-refractivity contribution in [1.82, 2.24) is 0 Å². The Labute approximate surface area is 107 Å². The van der Waals surface area contributed by atoms with Crippen LogP contribution in [0.15, 0.2) is 12.2 Å². The Balaban J connectivity index is 2.19. The molecule has 0 heterocycles. The second-order valence-corrected chi connectivity index (χ2v) is 5.27. The summed E-state index contributed by atoms with van der Waals surface area (Å²) in [6, 6.07) is 0. The first-order chi connectivity index (χ1) is 8.39. The number of Topliss-reactive ketones (excluding diaryl/α,β-unsaturated/α-hetero) is 1. The predicted octanol–water partition coefficient (Wildman–Crippen LogP) is 5.20. The minimum absolute atomic E-state index is 0.477. The van der Waals surface area contributed by atoms with Crippen LogP contribution >= 0.6 is 0 Å². The molecular weight excluding hydrogens is 208 g/mol. The van der Waals surface area contributed by atoms with E-state index in [0.717, 1.165) is 32.1 Å². The molecule has 0 bridgehead atoms. The SMILES string of the molecule is O=C1CCC/C=C\CCCCCCCCCC1. The molecule has 0 saturated carbocycles. The Morgan fingerprint density at radius 2 is 1.06 bits per heavy atom. The fraction of sp³-hybridized carbons (Fsp3) is 0.812. The Hall–Kier alpha value is -0.590. The van der Waals surface area contributed by atoms with Crippen LogP contribution in [0.3, 0.4) is 0 Å². The molecule has 0 aromatic heterocycles. The molecule has 0 unspecified atom stereocenters. The topological polar surface area (TPSA) is 17.1 Å². The maximum Gasteiger partial charge on any atom is 0.132 e. The van der Waals surface area contributed by atoms with E-state index < -0.39 is 0 Å². The van der Waals surface area contributed by atoms with Crippen LogP contribution in [-0.4, -0.2) is 5.78 Å². The average molecular weight is 236 g/mol. The maximum atomic E-state index is 11.6. The van der Waals surface area contributed by atoms with Crippen molar-refractivity contribution in [3.63, 3.8) is 0 Å². The van der Waals surface area contributed by atoms with Crippen LogP contribution < -0.4 is 0 Å². The normalized spacial score (nSPS) is 24.4. The molecule has 0 fully saturated rings. The Bertz CT molecular complexity index is 218. The van der Waals surface area contributed by atoms with E-state index in [1.807, 2.05) is 0 Å². The Morgan fingerprint density at radius 3 is 1.76 bits per heavy atom. The van der Waals surface area contributed by atoms with Gasteiger partial charge in [0.05, 0.1) is 0 Å². The van der Waals surface area contributed by atoms with E-state index in [1.165, 1.54) is 51.4 Å². The van der Waals surface area contributed by atoms with E-state index in [4.69, 9.17) is 0 Å². The maximum absolute atomic E-state index is 11.6. The molecule has 17 heavy (non-hydrogen) atoms. The zero-order chi connectivity index (χ0) is 12.2. The van der Waals surface area contributed by atoms with Crippen LogP contribution in [0, 0.1) is 0 Å². The summed E-state index contributed by atoms with van der Waals surface area (Å²) in [5.74, 6) is 0.477. The Kier molecular flexibility index (Phi) is 8.99. The summed E-state index contributed by atoms with van der Waals surface area (Å²) in [7, 11) is 0. The van der Waals surface area contributed by atoms with Crippen molar-refractivity contribution in [2.75, 3.05) is 0 Å². The zero-order valence-corrected chi connectivity index (χ0v) is 11.3. The molecule has 1 heteroatoms. The van der Waals surface area contributed by atoms with Gasteiger partial charge in [-0.15, -0.1) is 0 Å². The van der Waals surface area contributed by atoms with E-state index in [0.29, 0.717) is 5.78 Å². The first kappa shape index (κ1) is 14.5. The monoisotopic (exact) mass is 236 g/mol. The molecule has 0 amide bonds. The van der Waals surface area contributed by atoms with Crippen LogP contribution in [0.5, 0.6) is 0 Å². The standard InChI is InChI=1S/C16H28O/c17-16-14-12-10-8-6-4-2-1-3-5-7-9-11-13-15-16/h6,8H,1-5,7,9-15H2/b8-6-. The second kappa shape index (κ2) is 10.6. The van der Waals surface area contributed by atoms with Gasteiger partial charge < -0.3 is 0 Å². The lowest BCUT2D eigenvalue weighted by molar-refractivity contribution is -0.119. The summed E-state index contributed by atoms with van der Waals surface area (Å²) < 4.78 is 0. The van der Waals surface area contributed by atoms with Crippen LogP contribution in [0.25, 0.3) is 0 Å². The second-order valence-electron chi connectivity index (χ2n) is 5.27. The van der Waals surface area contributed by atoms with Crippen molar-refractivity contribution < 1.29 is 4.79 Å². The van der Waals surface area contributed by atoms with Crippen LogP contribution in [0.4, 0.5) is 0 Å². The summed E-state index contributed by atoms with van der Waals surface area (Å²) in [5.41, 5.74) is 0. The number of rotatable bonds is 0. The molecule has 1 nitrogen and oxygen atoms in total. The van der Waals surface area contributed by atoms with Gasteiger partial charge in [0.15, 0.2) is 0 Å². The lowest BCUT2D eigenvalue weighted by Gasteiger charge is -2.03. The number of carbonyl (C=O) groups excluding carboxylic acids is 1. The first-order valence-corrected chi connectivity index (χ1v) is 7.56. The van der Waals surface area contributed by atoms with Gasteiger partial charge in [-0.25, -0.2) is 0 Å². The van der Waals surface area contributed by atoms with Crippen molar-refractivity contribution in [2.45, 2.75) is 83.5 Å². The summed E-state index contributed by atoms with van der Waals surface area (Å²) in [6.07, 6.45) is 20.1. The zero-order valence-electron chi connectivity index (χ0n) is 11.3. The van der Waals surface area contributed by atoms with Gasteiger partial charge in [0.1, 0.15) is 5.78 Å². The van der Waals surface area contributed by atoms with Crippen molar-refractivity contribution in [3.05, 3.63) is 12.2 Å². The van der Waals surface area contributed by atoms with Gasteiger partial charge >= 0.3 is 0 Å². The number of carbonyl (C=O) groups is 1. The summed E-state index contributed by atoms with van der Waals surface area (Å²) in [4.78, 5) is 11.6. The van der Waals surface area contributed by atoms with Crippen LogP contribution in [-0.2, 0) is 4.79 Å². The van der Waals surface area contributed by atoms with Crippen LogP contribution in [0.1, 0.15) is 83.5 Å². The highest BCUT2D eigenvalue weighted by molar-refractivity contribution is 5.78. The predicted molar refractivity (Wildman–Crippen MR) is 74.2 cm³/mol. The first-order valence-electron chi connectivity index (χ1n) is 7.56. The minimum Gasteiger partial charge on any atom is -0.300 e. The molecule has 0 aromatic rings. The molecule has 1 rings (SSSR count). The molecule has 0 N–H and O–H groups in total. The van der Waals surface area contributed by atoms with Crippen molar-refractivity contribution in [1.29, 1.82) is 0 Å². The van der Waals surface area contributed by atoms with Gasteiger partial charge in [0.25, 0.3) is 0 Å². The van der Waals surface area contributed by atoms with E-state index in [9.17, 15) is 4.79 Å². The quantitative estimate of drug-likeness (QED) is 0.528. The highest BCUT2D eigenvalue weighted by Gasteiger charge is 2.01. The number of allylic oxidation sites excluding steroid dienone is 2. The third-order valence-corrected chi connectivity index (χ3v) is 3.57. The molecule has 0 aliphatic heterocycles. The molecule has 0 aromatic carbocycles. The van der Waals surface area contributed by atoms with E-state index in [-0.39, 0.29) is 0 Å². The highest BCUT2D eigenvalue weighted by atomic mass is 16.1. The van der Waals surface area contributed by atoms with Crippen molar-refractivity contribution >= 4 is 5.78 Å². The van der Waals surface area contributed by atoms with Gasteiger partial charge in [-0.05, 0) is 32.1 Å². The van der Waals surface area contributed by atoms with E-state index in [2.05, 4.69) is 12.2 Å². The average Bonchev–Trinajstić information content (AvgIpc) is 2.32. The summed E-state index contributed by atoms with van der Waals surface area (Å²) in [6.45, 7) is 0. The molecule has 0 atom stereocenters. The van der Waals surface area contributed by atoms with E-state index in [1.54, 1.807) is 0 Å². The minimum atomic E-state index is 0.477. The van der Waals surface area contributed by atoms with Crippen LogP contribution in [0.2, 0.25) is 0 Å². The van der Waals surface area contributed by atoms with Gasteiger partial charge in [-0.1, -0.05) is 50.7 Å². The van der Waals surface area contributed by atoms with E-state index >= 15 is 0 Å². The van der Waals surface area contributed by atoms with Gasteiger partial charge in [0, 0.05) is 12.8 Å². The van der Waals surface area contributed by atoms with Gasteiger partial charge in [0.2, 0.25) is 0 Å². The lowest BCUT2D eigenvalue weighted by Crippen LogP contribution is -1.97. The Morgan fingerprint density at radius 1 is 0.588 bits per heavy atom.